The van der Waals surface area contributed by atoms with E-state index in [0.29, 0.717) is 10.8 Å². The third-order valence-corrected chi connectivity index (χ3v) is 3.22. The zero-order valence-electron chi connectivity index (χ0n) is 11.7. The highest BCUT2D eigenvalue weighted by Crippen LogP contribution is 2.18. The molecule has 0 aromatic heterocycles. The lowest BCUT2D eigenvalue weighted by molar-refractivity contribution is -0.143. The number of urea groups is 1. The van der Waals surface area contributed by atoms with Crippen LogP contribution in [0.2, 0.25) is 5.02 Å². The number of amides is 4. The van der Waals surface area contributed by atoms with Gasteiger partial charge in [0.1, 0.15) is 12.4 Å². The average molecular weight is 311 g/mol. The van der Waals surface area contributed by atoms with E-state index < -0.39 is 17.8 Å². The zero-order chi connectivity index (χ0) is 15.6. The highest BCUT2D eigenvalue weighted by atomic mass is 35.5. The van der Waals surface area contributed by atoms with Crippen molar-refractivity contribution in [1.29, 1.82) is 0 Å². The van der Waals surface area contributed by atoms with Gasteiger partial charge in [-0.2, -0.15) is 0 Å². The van der Waals surface area contributed by atoms with Gasteiger partial charge in [-0.25, -0.2) is 4.79 Å². The van der Waals surface area contributed by atoms with Gasteiger partial charge in [-0.3, -0.25) is 19.4 Å². The molecule has 6 nitrogen and oxygen atoms in total. The molecule has 1 aromatic carbocycles. The Morgan fingerprint density at radius 3 is 2.48 bits per heavy atom. The number of imide groups is 2. The second kappa shape index (κ2) is 6.13. The first kappa shape index (κ1) is 15.3. The van der Waals surface area contributed by atoms with Crippen LogP contribution in [0.25, 0.3) is 0 Å². The zero-order valence-corrected chi connectivity index (χ0v) is 12.5. The Balaban J connectivity index is 1.96. The number of carbonyl (C=O) groups is 3. The molecule has 1 aliphatic heterocycles. The summed E-state index contributed by atoms with van der Waals surface area (Å²) in [6, 6.07) is 5.82. The van der Waals surface area contributed by atoms with Crippen molar-refractivity contribution >= 4 is 29.4 Å². The Hall–Kier alpha value is -2.08. The van der Waals surface area contributed by atoms with Crippen molar-refractivity contribution in [2.24, 2.45) is 0 Å². The normalized spacial score (nSPS) is 15.3. The molecule has 0 radical (unpaired) electrons. The van der Waals surface area contributed by atoms with Gasteiger partial charge in [-0.05, 0) is 32.0 Å². The highest BCUT2D eigenvalue weighted by Gasteiger charge is 2.45. The molecule has 0 N–H and O–H groups in total. The van der Waals surface area contributed by atoms with E-state index in [1.165, 1.54) is 0 Å². The number of benzene rings is 1. The van der Waals surface area contributed by atoms with Crippen molar-refractivity contribution in [1.82, 2.24) is 9.80 Å². The standard InChI is InChI=1S/C14H15ClN2O4/c1-9(2)17-13(19)12(18)16(14(17)20)6-7-21-11-5-3-4-10(15)8-11/h3-5,8-9H,6-7H2,1-2H3. The maximum Gasteiger partial charge on any atom is 0.334 e. The molecule has 21 heavy (non-hydrogen) atoms. The van der Waals surface area contributed by atoms with Crippen LogP contribution in [0.15, 0.2) is 24.3 Å². The first-order chi connectivity index (χ1) is 9.91. The molecule has 0 bridgehead atoms. The second-order valence-electron chi connectivity index (χ2n) is 4.81. The predicted octanol–water partition coefficient (Wildman–Crippen LogP) is 1.92. The Kier molecular flexibility index (Phi) is 4.47. The van der Waals surface area contributed by atoms with Gasteiger partial charge < -0.3 is 4.74 Å². The third kappa shape index (κ3) is 3.16. The maximum atomic E-state index is 12.0. The number of nitrogens with zero attached hydrogens (tertiary/aromatic N) is 2. The van der Waals surface area contributed by atoms with Crippen molar-refractivity contribution in [2.75, 3.05) is 13.2 Å². The average Bonchev–Trinajstić information content (AvgIpc) is 2.62. The van der Waals surface area contributed by atoms with Gasteiger partial charge in [0.05, 0.1) is 6.54 Å². The topological polar surface area (TPSA) is 66.9 Å². The summed E-state index contributed by atoms with van der Waals surface area (Å²) >= 11 is 5.82. The molecule has 112 valence electrons. The van der Waals surface area contributed by atoms with Crippen LogP contribution in [0.4, 0.5) is 4.79 Å². The summed E-state index contributed by atoms with van der Waals surface area (Å²) in [4.78, 5) is 37.3. The summed E-state index contributed by atoms with van der Waals surface area (Å²) in [7, 11) is 0. The molecular weight excluding hydrogens is 296 g/mol. The molecule has 0 unspecified atom stereocenters. The number of rotatable bonds is 5. The minimum atomic E-state index is -0.816. The summed E-state index contributed by atoms with van der Waals surface area (Å²) in [6.45, 7) is 3.46. The molecule has 7 heteroatoms. The summed E-state index contributed by atoms with van der Waals surface area (Å²) in [5, 5.41) is 0.530. The number of carbonyl (C=O) groups excluding carboxylic acids is 3. The first-order valence-corrected chi connectivity index (χ1v) is 6.87. The van der Waals surface area contributed by atoms with Crippen molar-refractivity contribution < 1.29 is 19.1 Å². The largest absolute Gasteiger partial charge is 0.492 e. The van der Waals surface area contributed by atoms with E-state index in [9.17, 15) is 14.4 Å². The quantitative estimate of drug-likeness (QED) is 0.615. The molecule has 1 fully saturated rings. The predicted molar refractivity (Wildman–Crippen MR) is 76.0 cm³/mol. The lowest BCUT2D eigenvalue weighted by Crippen LogP contribution is -2.39. The Morgan fingerprint density at radius 1 is 1.19 bits per heavy atom. The molecule has 2 rings (SSSR count). The van der Waals surface area contributed by atoms with Gasteiger partial charge in [-0.15, -0.1) is 0 Å². The van der Waals surface area contributed by atoms with Gasteiger partial charge in [0.15, 0.2) is 0 Å². The number of halogens is 1. The van der Waals surface area contributed by atoms with Crippen LogP contribution >= 0.6 is 11.6 Å². The molecular formula is C14H15ClN2O4. The third-order valence-electron chi connectivity index (χ3n) is 2.98. The van der Waals surface area contributed by atoms with E-state index in [2.05, 4.69) is 0 Å². The lowest BCUT2D eigenvalue weighted by atomic mass is 10.3. The Bertz CT molecular complexity index is 588. The van der Waals surface area contributed by atoms with Crippen molar-refractivity contribution in [3.63, 3.8) is 0 Å². The molecule has 0 spiro atoms. The Morgan fingerprint density at radius 2 is 1.90 bits per heavy atom. The van der Waals surface area contributed by atoms with Crippen LogP contribution in [0, 0.1) is 0 Å². The van der Waals surface area contributed by atoms with Crippen LogP contribution in [0.1, 0.15) is 13.8 Å². The highest BCUT2D eigenvalue weighted by molar-refractivity contribution is 6.44. The molecule has 1 aromatic rings. The fourth-order valence-electron chi connectivity index (χ4n) is 1.99. The van der Waals surface area contributed by atoms with Gasteiger partial charge in [0.25, 0.3) is 0 Å². The first-order valence-electron chi connectivity index (χ1n) is 6.49. The fourth-order valence-corrected chi connectivity index (χ4v) is 2.17. The minimum Gasteiger partial charge on any atom is -0.492 e. The van der Waals surface area contributed by atoms with Crippen molar-refractivity contribution in [2.45, 2.75) is 19.9 Å². The van der Waals surface area contributed by atoms with Crippen molar-refractivity contribution in [3.8, 4) is 5.75 Å². The number of ether oxygens (including phenoxy) is 1. The minimum absolute atomic E-state index is 0.0130. The van der Waals surface area contributed by atoms with E-state index in [1.807, 2.05) is 0 Å². The van der Waals surface area contributed by atoms with Gasteiger partial charge in [-0.1, -0.05) is 17.7 Å². The molecule has 1 saturated heterocycles. The fraction of sp³-hybridized carbons (Fsp3) is 0.357. The monoisotopic (exact) mass is 310 g/mol. The number of hydrogen-bond acceptors (Lipinski definition) is 4. The van der Waals surface area contributed by atoms with Crippen LogP contribution in [0.3, 0.4) is 0 Å². The van der Waals surface area contributed by atoms with Crippen molar-refractivity contribution in [3.05, 3.63) is 29.3 Å². The van der Waals surface area contributed by atoms with E-state index >= 15 is 0 Å². The summed E-state index contributed by atoms with van der Waals surface area (Å²) < 4.78 is 5.42. The van der Waals surface area contributed by atoms with E-state index in [0.717, 1.165) is 9.80 Å². The van der Waals surface area contributed by atoms with Crippen LogP contribution < -0.4 is 4.74 Å². The molecule has 0 atom stereocenters. The van der Waals surface area contributed by atoms with Gasteiger partial charge in [0.2, 0.25) is 0 Å². The van der Waals surface area contributed by atoms with E-state index in [4.69, 9.17) is 16.3 Å². The maximum absolute atomic E-state index is 12.0. The number of hydrogen-bond donors (Lipinski definition) is 0. The van der Waals surface area contributed by atoms with Crippen LogP contribution in [-0.2, 0) is 9.59 Å². The summed E-state index contributed by atoms with van der Waals surface area (Å²) in [5.41, 5.74) is 0. The lowest BCUT2D eigenvalue weighted by Gasteiger charge is -2.18. The second-order valence-corrected chi connectivity index (χ2v) is 5.25. The molecule has 4 amide bonds. The summed E-state index contributed by atoms with van der Waals surface area (Å²) in [5.74, 6) is -1.07. The molecule has 1 heterocycles. The van der Waals surface area contributed by atoms with Gasteiger partial charge in [0, 0.05) is 11.1 Å². The molecule has 0 aliphatic carbocycles. The van der Waals surface area contributed by atoms with Crippen LogP contribution in [0.5, 0.6) is 5.75 Å². The van der Waals surface area contributed by atoms with Gasteiger partial charge >= 0.3 is 17.8 Å². The SMILES string of the molecule is CC(C)N1C(=O)C(=O)N(CCOc2cccc(Cl)c2)C1=O. The van der Waals surface area contributed by atoms with E-state index in [1.54, 1.807) is 38.1 Å². The smallest absolute Gasteiger partial charge is 0.334 e. The Labute approximate surface area is 127 Å². The molecule has 1 aliphatic rings. The van der Waals surface area contributed by atoms with E-state index in [-0.39, 0.29) is 19.2 Å². The summed E-state index contributed by atoms with van der Waals surface area (Å²) in [6.07, 6.45) is 0. The molecule has 0 saturated carbocycles. The van der Waals surface area contributed by atoms with Crippen LogP contribution in [-0.4, -0.2) is 46.8 Å².